The molecule has 1 unspecified atom stereocenters. The second-order valence-corrected chi connectivity index (χ2v) is 4.56. The number of nitrogens with one attached hydrogen (secondary N) is 2. The largest absolute Gasteiger partial charge is 0.374 e. The summed E-state index contributed by atoms with van der Waals surface area (Å²) < 4.78 is 0. The summed E-state index contributed by atoms with van der Waals surface area (Å²) in [6.07, 6.45) is 9.47. The fourth-order valence-corrected chi connectivity index (χ4v) is 2.78. The molecule has 1 aliphatic carbocycles. The van der Waals surface area contributed by atoms with Crippen LogP contribution in [0.3, 0.4) is 0 Å². The fraction of sp³-hybridized carbons (Fsp3) is 0.909. The first-order valence-corrected chi connectivity index (χ1v) is 5.67. The van der Waals surface area contributed by atoms with Crippen molar-refractivity contribution < 1.29 is 0 Å². The lowest BCUT2D eigenvalue weighted by molar-refractivity contribution is 0.230. The predicted molar refractivity (Wildman–Crippen MR) is 55.0 cm³/mol. The van der Waals surface area contributed by atoms with Crippen LogP contribution in [0.1, 0.15) is 44.9 Å². The molecule has 0 spiro atoms. The highest BCUT2D eigenvalue weighted by Gasteiger charge is 2.25. The molecule has 0 aromatic heterocycles. The summed E-state index contributed by atoms with van der Waals surface area (Å²) in [6, 6.07) is 0. The van der Waals surface area contributed by atoms with E-state index in [-0.39, 0.29) is 0 Å². The summed E-state index contributed by atoms with van der Waals surface area (Å²) in [5.41, 5.74) is 0. The SMILES string of the molecule is N=C1CCC(C2CCCCC2)CN1. The maximum atomic E-state index is 7.48. The van der Waals surface area contributed by atoms with Gasteiger partial charge in [-0.05, 0) is 18.3 Å². The van der Waals surface area contributed by atoms with Gasteiger partial charge in [0.15, 0.2) is 0 Å². The number of amidine groups is 1. The van der Waals surface area contributed by atoms with Gasteiger partial charge in [0.1, 0.15) is 0 Å². The molecule has 74 valence electrons. The lowest BCUT2D eigenvalue weighted by atomic mass is 9.77. The lowest BCUT2D eigenvalue weighted by Gasteiger charge is -2.33. The molecule has 2 fully saturated rings. The van der Waals surface area contributed by atoms with Crippen LogP contribution in [-0.4, -0.2) is 12.4 Å². The molecule has 2 aliphatic rings. The zero-order valence-corrected chi connectivity index (χ0v) is 8.31. The average molecular weight is 180 g/mol. The molecule has 2 N–H and O–H groups in total. The van der Waals surface area contributed by atoms with Crippen LogP contribution < -0.4 is 5.32 Å². The molecule has 1 heterocycles. The highest BCUT2D eigenvalue weighted by Crippen LogP contribution is 2.33. The lowest BCUT2D eigenvalue weighted by Crippen LogP contribution is -2.38. The summed E-state index contributed by atoms with van der Waals surface area (Å²) in [4.78, 5) is 0. The van der Waals surface area contributed by atoms with Gasteiger partial charge in [0.05, 0.1) is 5.84 Å². The molecule has 2 heteroatoms. The molecule has 2 rings (SSSR count). The highest BCUT2D eigenvalue weighted by molar-refractivity contribution is 5.79. The second-order valence-electron chi connectivity index (χ2n) is 4.56. The van der Waals surface area contributed by atoms with Crippen molar-refractivity contribution in [2.45, 2.75) is 44.9 Å². The van der Waals surface area contributed by atoms with Gasteiger partial charge in [-0.2, -0.15) is 0 Å². The van der Waals surface area contributed by atoms with E-state index in [2.05, 4.69) is 5.32 Å². The Morgan fingerprint density at radius 3 is 2.38 bits per heavy atom. The van der Waals surface area contributed by atoms with Gasteiger partial charge < -0.3 is 5.32 Å². The van der Waals surface area contributed by atoms with Gasteiger partial charge in [-0.3, -0.25) is 5.41 Å². The van der Waals surface area contributed by atoms with Crippen LogP contribution in [0, 0.1) is 17.2 Å². The fourth-order valence-electron chi connectivity index (χ4n) is 2.78. The quantitative estimate of drug-likeness (QED) is 0.639. The molecule has 0 aromatic rings. The first-order chi connectivity index (χ1) is 6.36. The molecule has 1 saturated heterocycles. The van der Waals surface area contributed by atoms with Crippen LogP contribution in [0.4, 0.5) is 0 Å². The zero-order valence-electron chi connectivity index (χ0n) is 8.31. The Balaban J connectivity index is 1.82. The maximum Gasteiger partial charge on any atom is 0.0931 e. The van der Waals surface area contributed by atoms with Crippen LogP contribution in [-0.2, 0) is 0 Å². The van der Waals surface area contributed by atoms with E-state index in [1.54, 1.807) is 0 Å². The van der Waals surface area contributed by atoms with E-state index in [1.807, 2.05) is 0 Å². The van der Waals surface area contributed by atoms with Crippen LogP contribution in [0.5, 0.6) is 0 Å². The molecule has 1 atom stereocenters. The second kappa shape index (κ2) is 4.12. The monoisotopic (exact) mass is 180 g/mol. The molecule has 0 bridgehead atoms. The minimum absolute atomic E-state index is 0.757. The Kier molecular flexibility index (Phi) is 2.87. The Labute approximate surface area is 80.6 Å². The summed E-state index contributed by atoms with van der Waals surface area (Å²) in [6.45, 7) is 1.07. The van der Waals surface area contributed by atoms with Crippen molar-refractivity contribution in [2.24, 2.45) is 11.8 Å². The summed E-state index contributed by atoms with van der Waals surface area (Å²) in [7, 11) is 0. The third kappa shape index (κ3) is 2.23. The maximum absolute atomic E-state index is 7.48. The molecule has 13 heavy (non-hydrogen) atoms. The van der Waals surface area contributed by atoms with Crippen molar-refractivity contribution in [3.63, 3.8) is 0 Å². The predicted octanol–water partition coefficient (Wildman–Crippen LogP) is 2.54. The third-order valence-corrected chi connectivity index (χ3v) is 3.66. The van der Waals surface area contributed by atoms with Gasteiger partial charge in [0.25, 0.3) is 0 Å². The van der Waals surface area contributed by atoms with Gasteiger partial charge in [-0.15, -0.1) is 0 Å². The molecule has 1 saturated carbocycles. The van der Waals surface area contributed by atoms with Crippen molar-refractivity contribution in [2.75, 3.05) is 6.54 Å². The number of rotatable bonds is 1. The normalized spacial score (nSPS) is 31.4. The number of piperidine rings is 1. The Hall–Kier alpha value is -0.530. The molecule has 2 nitrogen and oxygen atoms in total. The minimum atomic E-state index is 0.757. The third-order valence-electron chi connectivity index (χ3n) is 3.66. The molecule has 1 aliphatic heterocycles. The van der Waals surface area contributed by atoms with Crippen LogP contribution >= 0.6 is 0 Å². The van der Waals surface area contributed by atoms with Crippen molar-refractivity contribution in [1.29, 1.82) is 5.41 Å². The van der Waals surface area contributed by atoms with Crippen molar-refractivity contribution >= 4 is 5.84 Å². The first-order valence-electron chi connectivity index (χ1n) is 5.67. The van der Waals surface area contributed by atoms with Crippen LogP contribution in [0.2, 0.25) is 0 Å². The van der Waals surface area contributed by atoms with Crippen molar-refractivity contribution in [3.8, 4) is 0 Å². The van der Waals surface area contributed by atoms with Crippen molar-refractivity contribution in [1.82, 2.24) is 5.32 Å². The first kappa shape index (κ1) is 9.04. The van der Waals surface area contributed by atoms with E-state index in [4.69, 9.17) is 5.41 Å². The van der Waals surface area contributed by atoms with Gasteiger partial charge in [-0.1, -0.05) is 32.1 Å². The van der Waals surface area contributed by atoms with E-state index in [0.717, 1.165) is 30.6 Å². The molecule has 0 aromatic carbocycles. The Bertz CT molecular complexity index is 173. The molecular formula is C11H20N2. The summed E-state index contributed by atoms with van der Waals surface area (Å²) in [5.74, 6) is 2.59. The van der Waals surface area contributed by atoms with Gasteiger partial charge in [-0.25, -0.2) is 0 Å². The Morgan fingerprint density at radius 1 is 1.00 bits per heavy atom. The van der Waals surface area contributed by atoms with E-state index < -0.39 is 0 Å². The van der Waals surface area contributed by atoms with Crippen LogP contribution in [0.15, 0.2) is 0 Å². The average Bonchev–Trinajstić information content (AvgIpc) is 2.20. The van der Waals surface area contributed by atoms with Crippen LogP contribution in [0.25, 0.3) is 0 Å². The van der Waals surface area contributed by atoms with Gasteiger partial charge in [0, 0.05) is 13.0 Å². The summed E-state index contributed by atoms with van der Waals surface area (Å²) >= 11 is 0. The summed E-state index contributed by atoms with van der Waals surface area (Å²) in [5, 5.41) is 10.7. The zero-order chi connectivity index (χ0) is 9.10. The smallest absolute Gasteiger partial charge is 0.0931 e. The Morgan fingerprint density at radius 2 is 1.77 bits per heavy atom. The van der Waals surface area contributed by atoms with Gasteiger partial charge in [0.2, 0.25) is 0 Å². The molecule has 0 amide bonds. The number of hydrogen-bond donors (Lipinski definition) is 2. The number of hydrogen-bond acceptors (Lipinski definition) is 1. The highest BCUT2D eigenvalue weighted by atomic mass is 14.9. The topological polar surface area (TPSA) is 35.9 Å². The van der Waals surface area contributed by atoms with E-state index in [9.17, 15) is 0 Å². The van der Waals surface area contributed by atoms with E-state index in [1.165, 1.54) is 38.5 Å². The minimum Gasteiger partial charge on any atom is -0.374 e. The van der Waals surface area contributed by atoms with E-state index in [0.29, 0.717) is 0 Å². The molecule has 0 radical (unpaired) electrons. The van der Waals surface area contributed by atoms with Gasteiger partial charge >= 0.3 is 0 Å². The standard InChI is InChI=1S/C11H20N2/c12-11-7-6-10(8-13-11)9-4-2-1-3-5-9/h9-10H,1-8H2,(H2,12,13). The van der Waals surface area contributed by atoms with E-state index >= 15 is 0 Å². The van der Waals surface area contributed by atoms with Crippen molar-refractivity contribution in [3.05, 3.63) is 0 Å². The molecular weight excluding hydrogens is 160 g/mol.